The molecule has 0 aliphatic carbocycles. The molecular weight excluding hydrogens is 310 g/mol. The smallest absolute Gasteiger partial charge is 0.314 e. The lowest BCUT2D eigenvalue weighted by atomic mass is 10.0. The number of hydrogen-bond donors (Lipinski definition) is 2. The molecule has 0 aliphatic heterocycles. The third-order valence-corrected chi connectivity index (χ3v) is 3.38. The first kappa shape index (κ1) is 17.1. The number of hydrogen-bond acceptors (Lipinski definition) is 4. The van der Waals surface area contributed by atoms with Crippen molar-refractivity contribution in [3.63, 3.8) is 0 Å². The van der Waals surface area contributed by atoms with Gasteiger partial charge in [-0.25, -0.2) is 0 Å². The first-order valence-electron chi connectivity index (χ1n) is 7.33. The number of carbonyl (C=O) groups excluding carboxylic acids is 2. The molecule has 2 N–H and O–H groups in total. The number of nitro benzene ring substituents is 1. The third kappa shape index (κ3) is 4.39. The zero-order chi connectivity index (χ0) is 17.7. The number of non-ortho nitro benzene ring substituents is 1. The van der Waals surface area contributed by atoms with Gasteiger partial charge in [0.25, 0.3) is 5.69 Å². The van der Waals surface area contributed by atoms with Crippen LogP contribution < -0.4 is 10.6 Å². The fourth-order valence-electron chi connectivity index (χ4n) is 1.99. The largest absolute Gasteiger partial charge is 0.318 e. The Bertz CT molecular complexity index is 752. The summed E-state index contributed by atoms with van der Waals surface area (Å²) in [5, 5.41) is 15.4. The number of amides is 2. The molecule has 0 unspecified atom stereocenters. The highest BCUT2D eigenvalue weighted by atomic mass is 16.6. The maximum atomic E-state index is 11.9. The molecule has 0 saturated carbocycles. The van der Waals surface area contributed by atoms with Crippen molar-refractivity contribution in [3.8, 4) is 0 Å². The summed E-state index contributed by atoms with van der Waals surface area (Å²) < 4.78 is 0. The lowest BCUT2D eigenvalue weighted by Gasteiger charge is -2.09. The second-order valence-electron chi connectivity index (χ2n) is 5.49. The minimum atomic E-state index is -0.850. The van der Waals surface area contributed by atoms with Crippen molar-refractivity contribution >= 4 is 28.9 Å². The molecule has 0 heterocycles. The van der Waals surface area contributed by atoms with Crippen LogP contribution in [0.15, 0.2) is 48.5 Å². The first-order valence-corrected chi connectivity index (χ1v) is 7.33. The van der Waals surface area contributed by atoms with Crippen LogP contribution in [-0.4, -0.2) is 16.7 Å². The van der Waals surface area contributed by atoms with Gasteiger partial charge in [0.05, 0.1) is 4.92 Å². The Labute approximate surface area is 138 Å². The van der Waals surface area contributed by atoms with Crippen LogP contribution in [0.2, 0.25) is 0 Å². The standard InChI is InChI=1S/C17H17N3O4/c1-11(2)12-3-5-13(6-4-12)18-16(21)17(22)19-14-7-9-15(10-8-14)20(23)24/h3-11H,1-2H3,(H,18,21)(H,19,22). The predicted molar refractivity (Wildman–Crippen MR) is 90.9 cm³/mol. The van der Waals surface area contributed by atoms with Gasteiger partial charge < -0.3 is 10.6 Å². The fraction of sp³-hybridized carbons (Fsp3) is 0.176. The lowest BCUT2D eigenvalue weighted by Crippen LogP contribution is -2.29. The van der Waals surface area contributed by atoms with Crippen LogP contribution in [0.3, 0.4) is 0 Å². The van der Waals surface area contributed by atoms with E-state index in [4.69, 9.17) is 0 Å². The maximum absolute atomic E-state index is 11.9. The quantitative estimate of drug-likeness (QED) is 0.511. The van der Waals surface area contributed by atoms with Gasteiger partial charge in [0.2, 0.25) is 0 Å². The number of carbonyl (C=O) groups is 2. The van der Waals surface area contributed by atoms with Crippen LogP contribution in [0.5, 0.6) is 0 Å². The van der Waals surface area contributed by atoms with Crippen molar-refractivity contribution in [3.05, 3.63) is 64.2 Å². The summed E-state index contributed by atoms with van der Waals surface area (Å²) in [6.07, 6.45) is 0. The van der Waals surface area contributed by atoms with Crippen molar-refractivity contribution < 1.29 is 14.5 Å². The molecule has 0 atom stereocenters. The summed E-state index contributed by atoms with van der Waals surface area (Å²) >= 11 is 0. The van der Waals surface area contributed by atoms with Gasteiger partial charge in [0.1, 0.15) is 0 Å². The Morgan fingerprint density at radius 3 is 1.67 bits per heavy atom. The van der Waals surface area contributed by atoms with Crippen LogP contribution in [0.4, 0.5) is 17.1 Å². The number of nitrogens with zero attached hydrogens (tertiary/aromatic N) is 1. The Morgan fingerprint density at radius 2 is 1.29 bits per heavy atom. The van der Waals surface area contributed by atoms with Gasteiger partial charge in [-0.15, -0.1) is 0 Å². The van der Waals surface area contributed by atoms with E-state index in [2.05, 4.69) is 24.5 Å². The number of nitro groups is 1. The van der Waals surface area contributed by atoms with Crippen molar-refractivity contribution in [1.82, 2.24) is 0 Å². The summed E-state index contributed by atoms with van der Waals surface area (Å²) in [5.74, 6) is -1.29. The van der Waals surface area contributed by atoms with Gasteiger partial charge in [-0.05, 0) is 35.7 Å². The van der Waals surface area contributed by atoms with Gasteiger partial charge in [-0.1, -0.05) is 26.0 Å². The van der Waals surface area contributed by atoms with Crippen LogP contribution in [0.1, 0.15) is 25.3 Å². The number of anilines is 2. The second kappa shape index (κ2) is 7.36. The molecule has 0 bridgehead atoms. The minimum absolute atomic E-state index is 0.0947. The van der Waals surface area contributed by atoms with Crippen molar-refractivity contribution in [1.29, 1.82) is 0 Å². The Balaban J connectivity index is 1.96. The molecule has 7 heteroatoms. The van der Waals surface area contributed by atoms with Crippen LogP contribution in [0, 0.1) is 10.1 Å². The van der Waals surface area contributed by atoms with E-state index in [1.807, 2.05) is 12.1 Å². The molecule has 7 nitrogen and oxygen atoms in total. The molecule has 2 rings (SSSR count). The Morgan fingerprint density at radius 1 is 0.875 bits per heavy atom. The molecule has 0 radical (unpaired) electrons. The molecule has 2 amide bonds. The molecule has 124 valence electrons. The number of rotatable bonds is 4. The van der Waals surface area contributed by atoms with Crippen LogP contribution in [0.25, 0.3) is 0 Å². The highest BCUT2D eigenvalue weighted by Gasteiger charge is 2.15. The van der Waals surface area contributed by atoms with E-state index in [1.165, 1.54) is 24.3 Å². The first-order chi connectivity index (χ1) is 11.4. The SMILES string of the molecule is CC(C)c1ccc(NC(=O)C(=O)Nc2ccc([N+](=O)[O-])cc2)cc1. The molecule has 0 spiro atoms. The predicted octanol–water partition coefficient (Wildman–Crippen LogP) is 3.30. The van der Waals surface area contributed by atoms with E-state index < -0.39 is 16.7 Å². The molecule has 24 heavy (non-hydrogen) atoms. The zero-order valence-corrected chi connectivity index (χ0v) is 13.3. The van der Waals surface area contributed by atoms with Gasteiger partial charge in [-0.3, -0.25) is 19.7 Å². The molecule has 0 aromatic heterocycles. The summed E-state index contributed by atoms with van der Waals surface area (Å²) in [6, 6.07) is 12.4. The normalized spacial score (nSPS) is 10.3. The zero-order valence-electron chi connectivity index (χ0n) is 13.3. The summed E-state index contributed by atoms with van der Waals surface area (Å²) in [7, 11) is 0. The van der Waals surface area contributed by atoms with E-state index in [-0.39, 0.29) is 5.69 Å². The Kier molecular flexibility index (Phi) is 5.26. The average molecular weight is 327 g/mol. The van der Waals surface area contributed by atoms with Crippen LogP contribution in [-0.2, 0) is 9.59 Å². The number of nitrogens with one attached hydrogen (secondary N) is 2. The van der Waals surface area contributed by atoms with Crippen molar-refractivity contribution in [2.45, 2.75) is 19.8 Å². The van der Waals surface area contributed by atoms with Gasteiger partial charge in [0, 0.05) is 23.5 Å². The fourth-order valence-corrected chi connectivity index (χ4v) is 1.99. The molecule has 2 aromatic carbocycles. The van der Waals surface area contributed by atoms with E-state index in [0.717, 1.165) is 5.56 Å². The van der Waals surface area contributed by atoms with Gasteiger partial charge in [-0.2, -0.15) is 0 Å². The Hall–Kier alpha value is -3.22. The number of benzene rings is 2. The van der Waals surface area contributed by atoms with Crippen molar-refractivity contribution in [2.24, 2.45) is 0 Å². The van der Waals surface area contributed by atoms with E-state index in [9.17, 15) is 19.7 Å². The van der Waals surface area contributed by atoms with Crippen molar-refractivity contribution in [2.75, 3.05) is 10.6 Å². The minimum Gasteiger partial charge on any atom is -0.318 e. The third-order valence-electron chi connectivity index (χ3n) is 3.38. The maximum Gasteiger partial charge on any atom is 0.314 e. The second-order valence-corrected chi connectivity index (χ2v) is 5.49. The molecule has 2 aromatic rings. The summed E-state index contributed by atoms with van der Waals surface area (Å²) in [6.45, 7) is 4.12. The van der Waals surface area contributed by atoms with E-state index in [0.29, 0.717) is 17.3 Å². The molecule has 0 saturated heterocycles. The van der Waals surface area contributed by atoms with Gasteiger partial charge in [0.15, 0.2) is 0 Å². The highest BCUT2D eigenvalue weighted by molar-refractivity contribution is 6.43. The molecule has 0 fully saturated rings. The lowest BCUT2D eigenvalue weighted by molar-refractivity contribution is -0.384. The summed E-state index contributed by atoms with van der Waals surface area (Å²) in [5.41, 5.74) is 1.85. The topological polar surface area (TPSA) is 101 Å². The monoisotopic (exact) mass is 327 g/mol. The van der Waals surface area contributed by atoms with Gasteiger partial charge >= 0.3 is 11.8 Å². The van der Waals surface area contributed by atoms with Crippen LogP contribution >= 0.6 is 0 Å². The summed E-state index contributed by atoms with van der Waals surface area (Å²) in [4.78, 5) is 33.8. The van der Waals surface area contributed by atoms with E-state index in [1.54, 1.807) is 12.1 Å². The average Bonchev–Trinajstić information content (AvgIpc) is 2.55. The highest BCUT2D eigenvalue weighted by Crippen LogP contribution is 2.18. The van der Waals surface area contributed by atoms with E-state index >= 15 is 0 Å². The molecular formula is C17H17N3O4. The molecule has 0 aliphatic rings.